The second-order valence-corrected chi connectivity index (χ2v) is 8.93. The van der Waals surface area contributed by atoms with Crippen molar-refractivity contribution in [2.45, 2.75) is 38.6 Å². The van der Waals surface area contributed by atoms with Crippen molar-refractivity contribution in [3.8, 4) is 0 Å². The van der Waals surface area contributed by atoms with Crippen LogP contribution in [0.3, 0.4) is 0 Å². The summed E-state index contributed by atoms with van der Waals surface area (Å²) in [6.07, 6.45) is 0.703. The summed E-state index contributed by atoms with van der Waals surface area (Å²) < 4.78 is 27.9. The molecular formula is C22H26N4O4S. The van der Waals surface area contributed by atoms with Crippen LogP contribution in [0.4, 0.5) is 5.69 Å². The monoisotopic (exact) mass is 442 g/mol. The van der Waals surface area contributed by atoms with E-state index in [9.17, 15) is 18.0 Å². The lowest BCUT2D eigenvalue weighted by atomic mass is 10.1. The summed E-state index contributed by atoms with van der Waals surface area (Å²) in [4.78, 5) is 25.7. The lowest BCUT2D eigenvalue weighted by molar-refractivity contribution is 0.102. The highest BCUT2D eigenvalue weighted by atomic mass is 32.2. The zero-order valence-electron chi connectivity index (χ0n) is 17.8. The molecule has 0 spiro atoms. The van der Waals surface area contributed by atoms with Gasteiger partial charge in [-0.3, -0.25) is 9.59 Å². The minimum Gasteiger partial charge on any atom is -0.321 e. The highest BCUT2D eigenvalue weighted by Crippen LogP contribution is 2.20. The average molecular weight is 443 g/mol. The number of amides is 1. The molecule has 0 atom stereocenters. The van der Waals surface area contributed by atoms with Crippen molar-refractivity contribution in [3.05, 3.63) is 64.6 Å². The highest BCUT2D eigenvalue weighted by Gasteiger charge is 2.22. The summed E-state index contributed by atoms with van der Waals surface area (Å²) in [5, 5.41) is 7.93. The molecule has 3 rings (SSSR count). The van der Waals surface area contributed by atoms with Gasteiger partial charge in [-0.15, -0.1) is 0 Å². The van der Waals surface area contributed by atoms with Gasteiger partial charge in [-0.2, -0.15) is 9.40 Å². The minimum atomic E-state index is -3.57. The maximum Gasteiger partial charge on any atom is 0.276 e. The zero-order chi connectivity index (χ0) is 22.6. The standard InChI is InChI=1S/C22H26N4O4S/c1-4-15-26-22(28)19-10-8-7-9-18(19)20(24-26)21(27)23-16-11-13-17(14-12-16)31(29,30)25(5-2)6-3/h7-14H,4-6,15H2,1-3H3,(H,23,27). The van der Waals surface area contributed by atoms with Crippen molar-refractivity contribution >= 4 is 32.4 Å². The van der Waals surface area contributed by atoms with E-state index in [0.29, 0.717) is 42.5 Å². The molecule has 0 aliphatic heterocycles. The Kier molecular flexibility index (Phi) is 6.87. The van der Waals surface area contributed by atoms with Gasteiger partial charge in [-0.25, -0.2) is 13.1 Å². The Morgan fingerprint density at radius 3 is 2.19 bits per heavy atom. The first-order chi connectivity index (χ1) is 14.8. The lowest BCUT2D eigenvalue weighted by Crippen LogP contribution is -2.30. The van der Waals surface area contributed by atoms with Gasteiger partial charge in [0.25, 0.3) is 11.5 Å². The van der Waals surface area contributed by atoms with Crippen LogP contribution in [-0.2, 0) is 16.6 Å². The number of carbonyl (C=O) groups is 1. The molecule has 0 bridgehead atoms. The number of fused-ring (bicyclic) bond motifs is 1. The molecule has 0 saturated carbocycles. The Bertz CT molecular complexity index is 1250. The number of hydrogen-bond donors (Lipinski definition) is 1. The summed E-state index contributed by atoms with van der Waals surface area (Å²) in [5.74, 6) is -0.472. The number of aryl methyl sites for hydroxylation is 1. The third-order valence-corrected chi connectivity index (χ3v) is 7.04. The Morgan fingerprint density at radius 1 is 1.00 bits per heavy atom. The topological polar surface area (TPSA) is 101 Å². The number of benzene rings is 2. The summed E-state index contributed by atoms with van der Waals surface area (Å²) in [6.45, 7) is 6.65. The molecule has 1 N–H and O–H groups in total. The van der Waals surface area contributed by atoms with E-state index in [0.717, 1.165) is 0 Å². The van der Waals surface area contributed by atoms with Crippen LogP contribution in [0.2, 0.25) is 0 Å². The van der Waals surface area contributed by atoms with Gasteiger partial charge in [0.1, 0.15) is 0 Å². The van der Waals surface area contributed by atoms with E-state index in [1.165, 1.54) is 21.1 Å². The molecule has 0 aliphatic carbocycles. The van der Waals surface area contributed by atoms with Gasteiger partial charge in [-0.05, 0) is 36.8 Å². The molecule has 31 heavy (non-hydrogen) atoms. The molecule has 164 valence electrons. The van der Waals surface area contributed by atoms with Gasteiger partial charge in [0, 0.05) is 30.7 Å². The molecule has 2 aromatic carbocycles. The molecule has 0 saturated heterocycles. The van der Waals surface area contributed by atoms with Crippen molar-refractivity contribution in [2.24, 2.45) is 0 Å². The third kappa shape index (κ3) is 4.52. The molecular weight excluding hydrogens is 416 g/mol. The number of carbonyl (C=O) groups excluding carboxylic acids is 1. The van der Waals surface area contributed by atoms with Crippen molar-refractivity contribution in [1.29, 1.82) is 0 Å². The van der Waals surface area contributed by atoms with E-state index < -0.39 is 15.9 Å². The zero-order valence-corrected chi connectivity index (χ0v) is 18.6. The first-order valence-electron chi connectivity index (χ1n) is 10.2. The van der Waals surface area contributed by atoms with Gasteiger partial charge < -0.3 is 5.32 Å². The minimum absolute atomic E-state index is 0.142. The van der Waals surface area contributed by atoms with E-state index in [-0.39, 0.29) is 16.1 Å². The van der Waals surface area contributed by atoms with Crippen LogP contribution in [0.5, 0.6) is 0 Å². The number of hydrogen-bond acceptors (Lipinski definition) is 5. The summed E-state index contributed by atoms with van der Waals surface area (Å²) in [6, 6.07) is 12.9. The van der Waals surface area contributed by atoms with E-state index in [1.807, 2.05) is 6.92 Å². The molecule has 1 heterocycles. The summed E-state index contributed by atoms with van der Waals surface area (Å²) in [7, 11) is -3.57. The maximum atomic E-state index is 13.0. The molecule has 0 radical (unpaired) electrons. The Hall–Kier alpha value is -3.04. The fraction of sp³-hybridized carbons (Fsp3) is 0.318. The van der Waals surface area contributed by atoms with Crippen molar-refractivity contribution in [2.75, 3.05) is 18.4 Å². The SMILES string of the molecule is CCCn1nc(C(=O)Nc2ccc(S(=O)(=O)N(CC)CC)cc2)c2ccccc2c1=O. The largest absolute Gasteiger partial charge is 0.321 e. The second-order valence-electron chi connectivity index (χ2n) is 6.99. The quantitative estimate of drug-likeness (QED) is 0.578. The normalized spacial score (nSPS) is 11.7. The third-order valence-electron chi connectivity index (χ3n) is 4.97. The van der Waals surface area contributed by atoms with E-state index in [4.69, 9.17) is 0 Å². The lowest BCUT2D eigenvalue weighted by Gasteiger charge is -2.18. The van der Waals surface area contributed by atoms with Crippen LogP contribution in [-0.4, -0.2) is 41.5 Å². The first kappa shape index (κ1) is 22.6. The van der Waals surface area contributed by atoms with Crippen LogP contribution in [0.25, 0.3) is 10.8 Å². The van der Waals surface area contributed by atoms with Crippen molar-refractivity contribution < 1.29 is 13.2 Å². The average Bonchev–Trinajstić information content (AvgIpc) is 2.77. The smallest absolute Gasteiger partial charge is 0.276 e. The maximum absolute atomic E-state index is 13.0. The molecule has 8 nitrogen and oxygen atoms in total. The van der Waals surface area contributed by atoms with E-state index in [2.05, 4.69) is 10.4 Å². The van der Waals surface area contributed by atoms with Gasteiger partial charge in [0.05, 0.1) is 10.3 Å². The first-order valence-corrected chi connectivity index (χ1v) is 11.7. The Labute approximate surface area is 181 Å². The van der Waals surface area contributed by atoms with Crippen molar-refractivity contribution in [1.82, 2.24) is 14.1 Å². The van der Waals surface area contributed by atoms with Crippen LogP contribution >= 0.6 is 0 Å². The molecule has 1 amide bonds. The van der Waals surface area contributed by atoms with Crippen LogP contribution in [0, 0.1) is 0 Å². The van der Waals surface area contributed by atoms with E-state index >= 15 is 0 Å². The fourth-order valence-corrected chi connectivity index (χ4v) is 4.84. The molecule has 9 heteroatoms. The van der Waals surface area contributed by atoms with Crippen LogP contribution in [0.1, 0.15) is 37.7 Å². The van der Waals surface area contributed by atoms with Gasteiger partial charge >= 0.3 is 0 Å². The predicted octanol–water partition coefficient (Wildman–Crippen LogP) is 3.09. The number of nitrogens with one attached hydrogen (secondary N) is 1. The molecule has 1 aromatic heterocycles. The van der Waals surface area contributed by atoms with Crippen LogP contribution in [0.15, 0.2) is 58.2 Å². The number of aromatic nitrogens is 2. The highest BCUT2D eigenvalue weighted by molar-refractivity contribution is 7.89. The van der Waals surface area contributed by atoms with Gasteiger partial charge in [0.15, 0.2) is 5.69 Å². The fourth-order valence-electron chi connectivity index (χ4n) is 3.38. The number of nitrogens with zero attached hydrogens (tertiary/aromatic N) is 3. The number of rotatable bonds is 8. The summed E-state index contributed by atoms with van der Waals surface area (Å²) >= 11 is 0. The molecule has 3 aromatic rings. The molecule has 0 unspecified atom stereocenters. The van der Waals surface area contributed by atoms with Crippen molar-refractivity contribution in [3.63, 3.8) is 0 Å². The second kappa shape index (κ2) is 9.40. The van der Waals surface area contributed by atoms with Crippen LogP contribution < -0.4 is 10.9 Å². The number of anilines is 1. The Morgan fingerprint density at radius 2 is 1.61 bits per heavy atom. The van der Waals surface area contributed by atoms with Gasteiger partial charge in [0.2, 0.25) is 10.0 Å². The molecule has 0 aliphatic rings. The van der Waals surface area contributed by atoms with Gasteiger partial charge in [-0.1, -0.05) is 39.0 Å². The van der Waals surface area contributed by atoms with E-state index in [1.54, 1.807) is 50.2 Å². The predicted molar refractivity (Wildman–Crippen MR) is 121 cm³/mol. The molecule has 0 fully saturated rings. The number of sulfonamides is 1. The summed E-state index contributed by atoms with van der Waals surface area (Å²) in [5.41, 5.74) is 0.339. The Balaban J connectivity index is 1.93.